The number of likely N-dealkylation sites (N-methyl/N-ethyl adjacent to an activating group) is 2. The van der Waals surface area contributed by atoms with Crippen molar-refractivity contribution in [2.24, 2.45) is 0 Å². The van der Waals surface area contributed by atoms with Crippen LogP contribution >= 0.6 is 0 Å². The maximum absolute atomic E-state index is 12.5. The van der Waals surface area contributed by atoms with E-state index in [1.807, 2.05) is 62.9 Å². The van der Waals surface area contributed by atoms with Crippen molar-refractivity contribution >= 4 is 17.5 Å². The summed E-state index contributed by atoms with van der Waals surface area (Å²) in [5, 5.41) is 2.85. The van der Waals surface area contributed by atoms with Crippen LogP contribution in [0.3, 0.4) is 0 Å². The molecular formula is C17H27N3O2. The Labute approximate surface area is 133 Å². The Bertz CT molecular complexity index is 474. The van der Waals surface area contributed by atoms with Gasteiger partial charge in [0.2, 0.25) is 11.8 Å². The van der Waals surface area contributed by atoms with Crippen molar-refractivity contribution in [1.29, 1.82) is 0 Å². The third-order valence-corrected chi connectivity index (χ3v) is 3.31. The maximum Gasteiger partial charge on any atom is 0.241 e. The van der Waals surface area contributed by atoms with E-state index in [0.29, 0.717) is 13.1 Å². The molecule has 5 heteroatoms. The second kappa shape index (κ2) is 9.20. The predicted octanol–water partition coefficient (Wildman–Crippen LogP) is 1.89. The number of hydrogen-bond acceptors (Lipinski definition) is 3. The summed E-state index contributed by atoms with van der Waals surface area (Å²) in [7, 11) is 0. The van der Waals surface area contributed by atoms with Crippen LogP contribution in [0.1, 0.15) is 27.7 Å². The molecule has 1 N–H and O–H groups in total. The van der Waals surface area contributed by atoms with Gasteiger partial charge in [-0.2, -0.15) is 0 Å². The minimum absolute atomic E-state index is 0.00731. The molecule has 122 valence electrons. The molecule has 0 aliphatic heterocycles. The average Bonchev–Trinajstić information content (AvgIpc) is 2.47. The number of para-hydroxylation sites is 1. The van der Waals surface area contributed by atoms with Gasteiger partial charge in [-0.1, -0.05) is 25.1 Å². The van der Waals surface area contributed by atoms with Gasteiger partial charge < -0.3 is 10.2 Å². The Kier molecular flexibility index (Phi) is 7.60. The highest BCUT2D eigenvalue weighted by molar-refractivity contribution is 5.95. The second-order valence-corrected chi connectivity index (χ2v) is 5.50. The summed E-state index contributed by atoms with van der Waals surface area (Å²) in [6, 6.07) is 9.71. The lowest BCUT2D eigenvalue weighted by atomic mass is 10.2. The standard InChI is InChI=1S/C17H27N3O2/c1-5-19(12-16(21)18-14(3)4)13-17(22)20(6-2)15-10-8-7-9-11-15/h7-11,14H,5-6,12-13H2,1-4H3,(H,18,21). The normalized spacial score (nSPS) is 10.8. The molecule has 0 aliphatic rings. The Morgan fingerprint density at radius 1 is 1.05 bits per heavy atom. The molecule has 0 atom stereocenters. The van der Waals surface area contributed by atoms with Crippen molar-refractivity contribution in [3.8, 4) is 0 Å². The lowest BCUT2D eigenvalue weighted by Crippen LogP contribution is -2.45. The number of carbonyl (C=O) groups excluding carboxylic acids is 2. The van der Waals surface area contributed by atoms with Crippen LogP contribution in [0.2, 0.25) is 0 Å². The van der Waals surface area contributed by atoms with Gasteiger partial charge >= 0.3 is 0 Å². The first kappa shape index (κ1) is 18.2. The van der Waals surface area contributed by atoms with Crippen molar-refractivity contribution in [3.63, 3.8) is 0 Å². The van der Waals surface area contributed by atoms with E-state index in [-0.39, 0.29) is 30.9 Å². The summed E-state index contributed by atoms with van der Waals surface area (Å²) in [6.45, 7) is 9.50. The van der Waals surface area contributed by atoms with Gasteiger partial charge in [-0.3, -0.25) is 14.5 Å². The Morgan fingerprint density at radius 3 is 2.18 bits per heavy atom. The number of benzene rings is 1. The summed E-state index contributed by atoms with van der Waals surface area (Å²) in [5.74, 6) is -0.0414. The fourth-order valence-electron chi connectivity index (χ4n) is 2.24. The van der Waals surface area contributed by atoms with Crippen LogP contribution in [0.4, 0.5) is 5.69 Å². The van der Waals surface area contributed by atoms with E-state index in [4.69, 9.17) is 0 Å². The highest BCUT2D eigenvalue weighted by atomic mass is 16.2. The van der Waals surface area contributed by atoms with E-state index < -0.39 is 0 Å². The number of amides is 2. The van der Waals surface area contributed by atoms with Gasteiger partial charge in [0, 0.05) is 18.3 Å². The first-order valence-corrected chi connectivity index (χ1v) is 7.85. The quantitative estimate of drug-likeness (QED) is 0.798. The van der Waals surface area contributed by atoms with E-state index in [2.05, 4.69) is 5.32 Å². The molecule has 0 saturated heterocycles. The molecule has 0 bridgehead atoms. The summed E-state index contributed by atoms with van der Waals surface area (Å²) in [5.41, 5.74) is 0.887. The van der Waals surface area contributed by atoms with Gasteiger partial charge in [0.05, 0.1) is 13.1 Å². The smallest absolute Gasteiger partial charge is 0.241 e. The molecule has 0 radical (unpaired) electrons. The first-order valence-electron chi connectivity index (χ1n) is 7.85. The molecular weight excluding hydrogens is 278 g/mol. The lowest BCUT2D eigenvalue weighted by molar-refractivity contribution is -0.124. The summed E-state index contributed by atoms with van der Waals surface area (Å²) >= 11 is 0. The van der Waals surface area contributed by atoms with Crippen LogP contribution < -0.4 is 10.2 Å². The van der Waals surface area contributed by atoms with Crippen molar-refractivity contribution in [3.05, 3.63) is 30.3 Å². The molecule has 0 unspecified atom stereocenters. The van der Waals surface area contributed by atoms with E-state index in [0.717, 1.165) is 5.69 Å². The van der Waals surface area contributed by atoms with Gasteiger partial charge in [-0.25, -0.2) is 0 Å². The molecule has 0 spiro atoms. The molecule has 2 amide bonds. The maximum atomic E-state index is 12.5. The SMILES string of the molecule is CCN(CC(=O)NC(C)C)CC(=O)N(CC)c1ccccc1. The zero-order chi connectivity index (χ0) is 16.5. The second-order valence-electron chi connectivity index (χ2n) is 5.50. The fraction of sp³-hybridized carbons (Fsp3) is 0.529. The predicted molar refractivity (Wildman–Crippen MR) is 89.9 cm³/mol. The summed E-state index contributed by atoms with van der Waals surface area (Å²) < 4.78 is 0. The lowest BCUT2D eigenvalue weighted by Gasteiger charge is -2.26. The number of nitrogens with one attached hydrogen (secondary N) is 1. The molecule has 1 aromatic carbocycles. The summed E-state index contributed by atoms with van der Waals surface area (Å²) in [6.07, 6.45) is 0. The van der Waals surface area contributed by atoms with E-state index in [1.54, 1.807) is 4.90 Å². The van der Waals surface area contributed by atoms with Gasteiger partial charge in [0.15, 0.2) is 0 Å². The van der Waals surface area contributed by atoms with Crippen LogP contribution in [0.5, 0.6) is 0 Å². The van der Waals surface area contributed by atoms with Crippen molar-refractivity contribution in [1.82, 2.24) is 10.2 Å². The molecule has 1 aromatic rings. The minimum atomic E-state index is -0.0487. The molecule has 0 saturated carbocycles. The van der Waals surface area contributed by atoms with Crippen molar-refractivity contribution in [2.75, 3.05) is 31.1 Å². The fourth-order valence-corrected chi connectivity index (χ4v) is 2.24. The van der Waals surface area contributed by atoms with E-state index in [1.165, 1.54) is 0 Å². The Hall–Kier alpha value is -1.88. The van der Waals surface area contributed by atoms with Crippen LogP contribution in [0, 0.1) is 0 Å². The number of anilines is 1. The largest absolute Gasteiger partial charge is 0.353 e. The van der Waals surface area contributed by atoms with Gasteiger partial charge in [0.25, 0.3) is 0 Å². The van der Waals surface area contributed by atoms with Crippen molar-refractivity contribution in [2.45, 2.75) is 33.7 Å². The number of carbonyl (C=O) groups is 2. The molecule has 0 fully saturated rings. The molecule has 1 rings (SSSR count). The monoisotopic (exact) mass is 305 g/mol. The number of nitrogens with zero attached hydrogens (tertiary/aromatic N) is 2. The summed E-state index contributed by atoms with van der Waals surface area (Å²) in [4.78, 5) is 27.9. The topological polar surface area (TPSA) is 52.7 Å². The van der Waals surface area contributed by atoms with Gasteiger partial charge in [-0.15, -0.1) is 0 Å². The third kappa shape index (κ3) is 5.85. The number of rotatable bonds is 8. The Balaban J connectivity index is 2.65. The third-order valence-electron chi connectivity index (χ3n) is 3.31. The number of hydrogen-bond donors (Lipinski definition) is 1. The molecule has 0 heterocycles. The van der Waals surface area contributed by atoms with Crippen molar-refractivity contribution < 1.29 is 9.59 Å². The van der Waals surface area contributed by atoms with E-state index >= 15 is 0 Å². The Morgan fingerprint density at radius 2 is 1.68 bits per heavy atom. The van der Waals surface area contributed by atoms with E-state index in [9.17, 15) is 9.59 Å². The van der Waals surface area contributed by atoms with Gasteiger partial charge in [0.1, 0.15) is 0 Å². The van der Waals surface area contributed by atoms with Crippen LogP contribution in [0.25, 0.3) is 0 Å². The molecule has 0 aliphatic carbocycles. The highest BCUT2D eigenvalue weighted by Crippen LogP contribution is 2.13. The van der Waals surface area contributed by atoms with Crippen LogP contribution in [-0.4, -0.2) is 48.9 Å². The van der Waals surface area contributed by atoms with Crippen LogP contribution in [0.15, 0.2) is 30.3 Å². The molecule has 0 aromatic heterocycles. The molecule has 5 nitrogen and oxygen atoms in total. The zero-order valence-electron chi connectivity index (χ0n) is 14.0. The minimum Gasteiger partial charge on any atom is -0.353 e. The zero-order valence-corrected chi connectivity index (χ0v) is 14.0. The van der Waals surface area contributed by atoms with Crippen LogP contribution in [-0.2, 0) is 9.59 Å². The van der Waals surface area contributed by atoms with Gasteiger partial charge in [-0.05, 0) is 39.4 Å². The first-order chi connectivity index (χ1) is 10.5. The highest BCUT2D eigenvalue weighted by Gasteiger charge is 2.18. The average molecular weight is 305 g/mol. The molecule has 22 heavy (non-hydrogen) atoms.